The fourth-order valence-corrected chi connectivity index (χ4v) is 1.80. The summed E-state index contributed by atoms with van der Waals surface area (Å²) in [5, 5.41) is 4.22. The van der Waals surface area contributed by atoms with Crippen LogP contribution < -0.4 is 10.5 Å². The Labute approximate surface area is 97.9 Å². The highest BCUT2D eigenvalue weighted by atomic mass is 35.5. The van der Waals surface area contributed by atoms with Crippen LogP contribution in [0.1, 0.15) is 5.56 Å². The van der Waals surface area contributed by atoms with E-state index in [1.807, 2.05) is 13.0 Å². The first-order valence-electron chi connectivity index (χ1n) is 4.68. The minimum Gasteiger partial charge on any atom is -0.496 e. The first-order valence-corrected chi connectivity index (χ1v) is 5.06. The van der Waals surface area contributed by atoms with E-state index in [1.54, 1.807) is 19.4 Å². The van der Waals surface area contributed by atoms with Crippen molar-refractivity contribution in [2.45, 2.75) is 6.92 Å². The van der Waals surface area contributed by atoms with E-state index in [9.17, 15) is 0 Å². The normalized spacial score (nSPS) is 10.4. The molecular weight excluding hydrogens is 228 g/mol. The van der Waals surface area contributed by atoms with Crippen molar-refractivity contribution < 1.29 is 9.26 Å². The van der Waals surface area contributed by atoms with Gasteiger partial charge in [-0.2, -0.15) is 0 Å². The number of aromatic nitrogens is 1. The molecule has 84 valence electrons. The summed E-state index contributed by atoms with van der Waals surface area (Å²) in [7, 11) is 1.60. The van der Waals surface area contributed by atoms with Gasteiger partial charge in [0.15, 0.2) is 0 Å². The van der Waals surface area contributed by atoms with Gasteiger partial charge in [-0.05, 0) is 30.2 Å². The Kier molecular flexibility index (Phi) is 2.75. The summed E-state index contributed by atoms with van der Waals surface area (Å²) in [4.78, 5) is 0. The second-order valence-electron chi connectivity index (χ2n) is 3.38. The number of anilines is 1. The molecule has 0 aliphatic heterocycles. The lowest BCUT2D eigenvalue weighted by atomic mass is 10.0. The van der Waals surface area contributed by atoms with Crippen molar-refractivity contribution >= 4 is 17.5 Å². The Hall–Kier alpha value is -1.68. The maximum absolute atomic E-state index is 6.00. The van der Waals surface area contributed by atoms with Crippen molar-refractivity contribution in [2.75, 3.05) is 12.8 Å². The molecule has 0 saturated heterocycles. The number of rotatable bonds is 2. The third kappa shape index (κ3) is 1.72. The van der Waals surface area contributed by atoms with Gasteiger partial charge in [0.2, 0.25) is 5.88 Å². The zero-order chi connectivity index (χ0) is 11.7. The minimum absolute atomic E-state index is 0.271. The summed E-state index contributed by atoms with van der Waals surface area (Å²) in [5.41, 5.74) is 8.20. The van der Waals surface area contributed by atoms with E-state index in [0.717, 1.165) is 16.7 Å². The van der Waals surface area contributed by atoms with E-state index in [0.29, 0.717) is 10.8 Å². The number of nitrogens with zero attached hydrogens (tertiary/aromatic N) is 1. The number of nitrogen functional groups attached to an aromatic ring is 1. The van der Waals surface area contributed by atoms with Crippen molar-refractivity contribution in [3.63, 3.8) is 0 Å². The lowest BCUT2D eigenvalue weighted by molar-refractivity contribution is 0.412. The van der Waals surface area contributed by atoms with Gasteiger partial charge >= 0.3 is 0 Å². The third-order valence-corrected chi connectivity index (χ3v) is 2.65. The smallest absolute Gasteiger partial charge is 0.229 e. The topological polar surface area (TPSA) is 61.3 Å². The maximum atomic E-state index is 6.00. The van der Waals surface area contributed by atoms with Crippen LogP contribution >= 0.6 is 11.6 Å². The Morgan fingerprint density at radius 2 is 2.12 bits per heavy atom. The number of hydrogen-bond donors (Lipinski definition) is 1. The van der Waals surface area contributed by atoms with Crippen LogP contribution in [-0.2, 0) is 0 Å². The molecule has 2 aromatic rings. The molecule has 1 heterocycles. The van der Waals surface area contributed by atoms with E-state index < -0.39 is 0 Å². The molecule has 0 saturated carbocycles. The maximum Gasteiger partial charge on any atom is 0.229 e. The third-order valence-electron chi connectivity index (χ3n) is 2.43. The molecule has 1 aromatic carbocycles. The average Bonchev–Trinajstić information content (AvgIpc) is 2.67. The molecule has 0 spiro atoms. The van der Waals surface area contributed by atoms with Crippen LogP contribution in [0.3, 0.4) is 0 Å². The van der Waals surface area contributed by atoms with Crippen LogP contribution in [0, 0.1) is 6.92 Å². The fraction of sp³-hybridized carbons (Fsp3) is 0.182. The van der Waals surface area contributed by atoms with Crippen LogP contribution in [0.25, 0.3) is 11.1 Å². The number of benzene rings is 1. The predicted octanol–water partition coefficient (Wildman–Crippen LogP) is 2.89. The highest BCUT2D eigenvalue weighted by Crippen LogP contribution is 2.35. The van der Waals surface area contributed by atoms with Gasteiger partial charge in [0, 0.05) is 5.02 Å². The summed E-state index contributed by atoms with van der Waals surface area (Å²) in [6.07, 6.45) is 1.56. The molecule has 0 amide bonds. The fourth-order valence-electron chi connectivity index (χ4n) is 1.60. The van der Waals surface area contributed by atoms with E-state index in [-0.39, 0.29) is 5.88 Å². The Morgan fingerprint density at radius 3 is 2.69 bits per heavy atom. The minimum atomic E-state index is 0.271. The summed E-state index contributed by atoms with van der Waals surface area (Å²) >= 11 is 6.00. The number of methoxy groups -OCH3 is 1. The van der Waals surface area contributed by atoms with Gasteiger partial charge in [0.25, 0.3) is 0 Å². The van der Waals surface area contributed by atoms with Crippen LogP contribution in [0.2, 0.25) is 5.02 Å². The van der Waals surface area contributed by atoms with Gasteiger partial charge in [-0.1, -0.05) is 16.8 Å². The SMILES string of the molecule is COc1cc(Cl)cc(-c2cnoc2N)c1C. The molecule has 4 nitrogen and oxygen atoms in total. The van der Waals surface area contributed by atoms with Crippen molar-refractivity contribution in [3.8, 4) is 16.9 Å². The zero-order valence-corrected chi connectivity index (χ0v) is 9.71. The molecule has 16 heavy (non-hydrogen) atoms. The summed E-state index contributed by atoms with van der Waals surface area (Å²) in [5.74, 6) is 0.982. The standard InChI is InChI=1S/C11H11ClN2O2/c1-6-8(9-5-14-16-11(9)13)3-7(12)4-10(6)15-2/h3-5H,13H2,1-2H3. The molecule has 0 unspecified atom stereocenters. The molecule has 0 aliphatic carbocycles. The quantitative estimate of drug-likeness (QED) is 0.874. The van der Waals surface area contributed by atoms with E-state index >= 15 is 0 Å². The second-order valence-corrected chi connectivity index (χ2v) is 3.82. The number of nitrogens with two attached hydrogens (primary N) is 1. The van der Waals surface area contributed by atoms with Gasteiger partial charge in [0.1, 0.15) is 5.75 Å². The molecule has 0 atom stereocenters. The monoisotopic (exact) mass is 238 g/mol. The Morgan fingerprint density at radius 1 is 1.38 bits per heavy atom. The molecule has 0 bridgehead atoms. The van der Waals surface area contributed by atoms with Crippen LogP contribution in [0.5, 0.6) is 5.75 Å². The van der Waals surface area contributed by atoms with Crippen molar-refractivity contribution in [1.82, 2.24) is 5.16 Å². The largest absolute Gasteiger partial charge is 0.496 e. The van der Waals surface area contributed by atoms with Gasteiger partial charge < -0.3 is 15.0 Å². The highest BCUT2D eigenvalue weighted by molar-refractivity contribution is 6.31. The summed E-state index contributed by atoms with van der Waals surface area (Å²) < 4.78 is 10.1. The van der Waals surface area contributed by atoms with E-state index in [1.165, 1.54) is 0 Å². The molecule has 1 aromatic heterocycles. The predicted molar refractivity (Wildman–Crippen MR) is 62.7 cm³/mol. The van der Waals surface area contributed by atoms with Gasteiger partial charge in [-0.3, -0.25) is 0 Å². The molecule has 0 aliphatic rings. The van der Waals surface area contributed by atoms with Gasteiger partial charge in [0.05, 0.1) is 18.9 Å². The van der Waals surface area contributed by atoms with Crippen molar-refractivity contribution in [3.05, 3.63) is 28.9 Å². The Bertz CT molecular complexity index is 523. The number of hydrogen-bond acceptors (Lipinski definition) is 4. The van der Waals surface area contributed by atoms with Crippen molar-refractivity contribution in [1.29, 1.82) is 0 Å². The highest BCUT2D eigenvalue weighted by Gasteiger charge is 2.13. The van der Waals surface area contributed by atoms with Gasteiger partial charge in [-0.25, -0.2) is 0 Å². The van der Waals surface area contributed by atoms with Crippen molar-refractivity contribution in [2.24, 2.45) is 0 Å². The van der Waals surface area contributed by atoms with Crippen LogP contribution in [0.15, 0.2) is 22.9 Å². The first-order chi connectivity index (χ1) is 7.63. The molecule has 2 rings (SSSR count). The van der Waals surface area contributed by atoms with Gasteiger partial charge in [-0.15, -0.1) is 0 Å². The first kappa shape index (κ1) is 10.8. The molecule has 0 fully saturated rings. The Balaban J connectivity index is 2.65. The van der Waals surface area contributed by atoms with Crippen LogP contribution in [-0.4, -0.2) is 12.3 Å². The lowest BCUT2D eigenvalue weighted by Gasteiger charge is -2.10. The van der Waals surface area contributed by atoms with E-state index in [4.69, 9.17) is 26.6 Å². The summed E-state index contributed by atoms with van der Waals surface area (Å²) in [6.45, 7) is 1.93. The summed E-state index contributed by atoms with van der Waals surface area (Å²) in [6, 6.07) is 3.56. The number of ether oxygens (including phenoxy) is 1. The average molecular weight is 239 g/mol. The van der Waals surface area contributed by atoms with E-state index in [2.05, 4.69) is 5.16 Å². The molecule has 2 N–H and O–H groups in total. The molecule has 0 radical (unpaired) electrons. The molecular formula is C11H11ClN2O2. The zero-order valence-electron chi connectivity index (χ0n) is 8.95. The van der Waals surface area contributed by atoms with Crippen LogP contribution in [0.4, 0.5) is 5.88 Å². The molecule has 5 heteroatoms. The lowest BCUT2D eigenvalue weighted by Crippen LogP contribution is -1.92. The second kappa shape index (κ2) is 4.06. The number of halogens is 1.